The summed E-state index contributed by atoms with van der Waals surface area (Å²) in [4.78, 5) is 0. The number of hydrogen-bond acceptors (Lipinski definition) is 2. The van der Waals surface area contributed by atoms with Crippen molar-refractivity contribution < 1.29 is 8.63 Å². The first-order valence-corrected chi connectivity index (χ1v) is 5.74. The summed E-state index contributed by atoms with van der Waals surface area (Å²) in [5.74, 6) is 0.850. The zero-order chi connectivity index (χ0) is 10.8. The summed E-state index contributed by atoms with van der Waals surface area (Å²) in [5, 5.41) is 0. The molecule has 1 heterocycles. The Morgan fingerprint density at radius 2 is 2.14 bits per heavy atom. The highest BCUT2D eigenvalue weighted by Gasteiger charge is 2.19. The van der Waals surface area contributed by atoms with Gasteiger partial charge in [-0.1, -0.05) is 0 Å². The largest absolute Gasteiger partial charge is 0.468 e. The quantitative estimate of drug-likeness (QED) is 0.839. The lowest BCUT2D eigenvalue weighted by Gasteiger charge is -2.17. The van der Waals surface area contributed by atoms with E-state index in [1.165, 1.54) is 0 Å². The summed E-state index contributed by atoms with van der Waals surface area (Å²) in [5.41, 5.74) is 1.09. The first-order valence-electron chi connectivity index (χ1n) is 4.59. The Morgan fingerprint density at radius 1 is 1.50 bits per heavy atom. The lowest BCUT2D eigenvalue weighted by molar-refractivity contribution is 0.500. The van der Waals surface area contributed by atoms with Crippen molar-refractivity contribution in [1.29, 1.82) is 0 Å². The Morgan fingerprint density at radius 3 is 2.57 bits per heavy atom. The molecule has 0 aliphatic heterocycles. The molecule has 80 valence electrons. The maximum absolute atomic E-state index is 11.6. The van der Waals surface area contributed by atoms with Crippen molar-refractivity contribution in [3.05, 3.63) is 23.7 Å². The van der Waals surface area contributed by atoms with Crippen molar-refractivity contribution in [3.8, 4) is 0 Å². The van der Waals surface area contributed by atoms with Gasteiger partial charge in [0.05, 0.1) is 28.5 Å². The minimum absolute atomic E-state index is 0.236. The number of rotatable bonds is 3. The van der Waals surface area contributed by atoms with E-state index in [-0.39, 0.29) is 4.75 Å². The Kier molecular flexibility index (Phi) is 3.50. The van der Waals surface area contributed by atoms with Gasteiger partial charge in [0.25, 0.3) is 0 Å². The molecule has 1 aromatic rings. The molecule has 1 unspecified atom stereocenters. The highest BCUT2D eigenvalue weighted by Crippen LogP contribution is 2.12. The molecule has 3 nitrogen and oxygen atoms in total. The number of hydrogen-bond donors (Lipinski definition) is 1. The van der Waals surface area contributed by atoms with Crippen LogP contribution in [0.5, 0.6) is 0 Å². The van der Waals surface area contributed by atoms with Crippen LogP contribution in [0, 0.1) is 6.92 Å². The van der Waals surface area contributed by atoms with Gasteiger partial charge in [-0.25, -0.2) is 8.93 Å². The van der Waals surface area contributed by atoms with Gasteiger partial charge >= 0.3 is 0 Å². The van der Waals surface area contributed by atoms with E-state index in [4.69, 9.17) is 4.42 Å². The van der Waals surface area contributed by atoms with Gasteiger partial charge in [0.15, 0.2) is 0 Å². The molecule has 1 rings (SSSR count). The molecule has 0 bridgehead atoms. The third kappa shape index (κ3) is 2.96. The molecule has 4 heteroatoms. The molecular formula is C10H17NO2S. The van der Waals surface area contributed by atoms with Crippen LogP contribution in [0.1, 0.15) is 32.1 Å². The lowest BCUT2D eigenvalue weighted by Crippen LogP contribution is -2.32. The Hall–Kier alpha value is -0.610. The summed E-state index contributed by atoms with van der Waals surface area (Å²) in [6.45, 7) is 8.30. The average molecular weight is 215 g/mol. The van der Waals surface area contributed by atoms with Crippen molar-refractivity contribution in [2.45, 2.75) is 39.0 Å². The standard InChI is InChI=1S/C10H17NO2S/c1-8-5-6-13-9(8)7-11-14(12)10(2,3)4/h5-6,11H,7H2,1-4H3. The molecular weight excluding hydrogens is 198 g/mol. The normalized spacial score (nSPS) is 14.3. The van der Waals surface area contributed by atoms with Crippen LogP contribution in [-0.2, 0) is 17.5 Å². The molecule has 0 fully saturated rings. The van der Waals surface area contributed by atoms with Crippen LogP contribution in [-0.4, -0.2) is 8.96 Å². The van der Waals surface area contributed by atoms with Crippen molar-refractivity contribution >= 4 is 11.0 Å². The summed E-state index contributed by atoms with van der Waals surface area (Å²) in [6, 6.07) is 1.90. The first-order chi connectivity index (χ1) is 6.41. The molecule has 0 amide bonds. The number of nitrogens with one attached hydrogen (secondary N) is 1. The SMILES string of the molecule is Cc1ccoc1CNS(=O)C(C)(C)C. The van der Waals surface area contributed by atoms with Crippen LogP contribution in [0.15, 0.2) is 16.7 Å². The maximum Gasteiger partial charge on any atom is 0.121 e. The van der Waals surface area contributed by atoms with Crippen LogP contribution in [0.4, 0.5) is 0 Å². The number of aryl methyl sites for hydroxylation is 1. The van der Waals surface area contributed by atoms with E-state index < -0.39 is 11.0 Å². The van der Waals surface area contributed by atoms with Gasteiger partial charge in [0.2, 0.25) is 0 Å². The third-order valence-electron chi connectivity index (χ3n) is 1.89. The topological polar surface area (TPSA) is 42.2 Å². The fourth-order valence-electron chi connectivity index (χ4n) is 0.933. The summed E-state index contributed by atoms with van der Waals surface area (Å²) in [6.07, 6.45) is 1.65. The van der Waals surface area contributed by atoms with E-state index in [0.29, 0.717) is 6.54 Å². The predicted octanol–water partition coefficient (Wildman–Crippen LogP) is 2.14. The Labute approximate surface area is 87.5 Å². The smallest absolute Gasteiger partial charge is 0.121 e. The maximum atomic E-state index is 11.6. The first kappa shape index (κ1) is 11.5. The minimum atomic E-state index is -1.04. The lowest BCUT2D eigenvalue weighted by atomic mass is 10.3. The van der Waals surface area contributed by atoms with Crippen LogP contribution in [0.3, 0.4) is 0 Å². The van der Waals surface area contributed by atoms with E-state index in [9.17, 15) is 4.21 Å². The second-order valence-electron chi connectivity index (χ2n) is 4.23. The number of furan rings is 1. The fraction of sp³-hybridized carbons (Fsp3) is 0.600. The van der Waals surface area contributed by atoms with Gasteiger partial charge in [-0.05, 0) is 39.3 Å². The van der Waals surface area contributed by atoms with Crippen LogP contribution < -0.4 is 4.72 Å². The van der Waals surface area contributed by atoms with Gasteiger partial charge in [-0.3, -0.25) is 0 Å². The van der Waals surface area contributed by atoms with Crippen LogP contribution in [0.25, 0.3) is 0 Å². The van der Waals surface area contributed by atoms with Crippen LogP contribution in [0.2, 0.25) is 0 Å². The highest BCUT2D eigenvalue weighted by molar-refractivity contribution is 7.84. The second kappa shape index (κ2) is 4.28. The van der Waals surface area contributed by atoms with Crippen molar-refractivity contribution in [2.24, 2.45) is 0 Å². The Bertz CT molecular complexity index is 325. The molecule has 0 spiro atoms. The fourth-order valence-corrected chi connectivity index (χ4v) is 1.63. The summed E-state index contributed by atoms with van der Waals surface area (Å²) in [7, 11) is -1.04. The predicted molar refractivity (Wildman–Crippen MR) is 58.2 cm³/mol. The Balaban J connectivity index is 2.50. The van der Waals surface area contributed by atoms with E-state index in [0.717, 1.165) is 11.3 Å². The molecule has 0 aliphatic rings. The molecule has 0 saturated carbocycles. The van der Waals surface area contributed by atoms with Crippen molar-refractivity contribution in [1.82, 2.24) is 4.72 Å². The van der Waals surface area contributed by atoms with Gasteiger partial charge in [-0.15, -0.1) is 0 Å². The average Bonchev–Trinajstić information content (AvgIpc) is 2.45. The molecule has 0 aliphatic carbocycles. The molecule has 0 aromatic carbocycles. The molecule has 14 heavy (non-hydrogen) atoms. The third-order valence-corrected chi connectivity index (χ3v) is 3.41. The molecule has 0 radical (unpaired) electrons. The van der Waals surface area contributed by atoms with Gasteiger partial charge < -0.3 is 4.42 Å². The van der Waals surface area contributed by atoms with E-state index in [1.54, 1.807) is 6.26 Å². The summed E-state index contributed by atoms with van der Waals surface area (Å²) >= 11 is 0. The zero-order valence-electron chi connectivity index (χ0n) is 9.09. The molecule has 0 saturated heterocycles. The zero-order valence-corrected chi connectivity index (χ0v) is 9.90. The highest BCUT2D eigenvalue weighted by atomic mass is 32.2. The van der Waals surface area contributed by atoms with Gasteiger partial charge in [0.1, 0.15) is 5.76 Å². The second-order valence-corrected chi connectivity index (χ2v) is 6.28. The van der Waals surface area contributed by atoms with Gasteiger partial charge in [-0.2, -0.15) is 0 Å². The van der Waals surface area contributed by atoms with E-state index >= 15 is 0 Å². The van der Waals surface area contributed by atoms with Gasteiger partial charge in [0, 0.05) is 0 Å². The van der Waals surface area contributed by atoms with Crippen molar-refractivity contribution in [3.63, 3.8) is 0 Å². The molecule has 1 atom stereocenters. The summed E-state index contributed by atoms with van der Waals surface area (Å²) < 4.78 is 19.6. The van der Waals surface area contributed by atoms with E-state index in [1.807, 2.05) is 33.8 Å². The van der Waals surface area contributed by atoms with E-state index in [2.05, 4.69) is 4.72 Å². The molecule has 1 aromatic heterocycles. The van der Waals surface area contributed by atoms with Crippen LogP contribution >= 0.6 is 0 Å². The minimum Gasteiger partial charge on any atom is -0.468 e. The monoisotopic (exact) mass is 215 g/mol. The molecule has 1 N–H and O–H groups in total. The van der Waals surface area contributed by atoms with Crippen molar-refractivity contribution in [2.75, 3.05) is 0 Å².